The zero-order chi connectivity index (χ0) is 24.3. The lowest BCUT2D eigenvalue weighted by Crippen LogP contribution is -2.50. The molecule has 2 aliphatic rings. The molecule has 0 radical (unpaired) electrons. The second-order valence-electron chi connectivity index (χ2n) is 10.0. The number of fused-ring (bicyclic) bond motifs is 3. The molecule has 6 rings (SSSR count). The van der Waals surface area contributed by atoms with Gasteiger partial charge in [0.15, 0.2) is 0 Å². The van der Waals surface area contributed by atoms with Gasteiger partial charge in [0.1, 0.15) is 19.2 Å². The molecule has 4 aromatic carbocycles. The summed E-state index contributed by atoms with van der Waals surface area (Å²) >= 11 is 0. The zero-order valence-corrected chi connectivity index (χ0v) is 20.7. The molecule has 0 N–H and O–H groups in total. The molecule has 0 saturated carbocycles. The second-order valence-corrected chi connectivity index (χ2v) is 10.0. The van der Waals surface area contributed by atoms with Crippen molar-refractivity contribution in [1.82, 2.24) is 4.90 Å². The van der Waals surface area contributed by atoms with Gasteiger partial charge in [-0.2, -0.15) is 0 Å². The van der Waals surface area contributed by atoms with Crippen LogP contribution < -0.4 is 0 Å². The summed E-state index contributed by atoms with van der Waals surface area (Å²) in [6.07, 6.45) is 5.62. The lowest BCUT2D eigenvalue weighted by Gasteiger charge is -2.31. The molecule has 1 fully saturated rings. The molecule has 0 bridgehead atoms. The number of amidine groups is 1. The molecule has 0 aliphatic carbocycles. The number of nitrogens with zero attached hydrogens (tertiary/aromatic N) is 2. The Morgan fingerprint density at radius 3 is 2.31 bits per heavy atom. The Labute approximate surface area is 212 Å². The molecule has 4 nitrogen and oxygen atoms in total. The maximum Gasteiger partial charge on any atom is 0.338 e. The summed E-state index contributed by atoms with van der Waals surface area (Å²) in [5.41, 5.74) is 2.03. The minimum atomic E-state index is -0.225. The van der Waals surface area contributed by atoms with E-state index in [4.69, 9.17) is 4.74 Å². The molecule has 0 aromatic heterocycles. The van der Waals surface area contributed by atoms with Gasteiger partial charge in [-0.3, -0.25) is 9.48 Å². The Bertz CT molecular complexity index is 1370. The van der Waals surface area contributed by atoms with E-state index in [9.17, 15) is 4.79 Å². The quantitative estimate of drug-likeness (QED) is 0.189. The van der Waals surface area contributed by atoms with Crippen molar-refractivity contribution in [2.45, 2.75) is 44.7 Å². The SMILES string of the molecule is O=C(OCC1CCCCC2=[N+](Cc3c4ccccc4cc4ccccc34)CCCN21)c1ccccc1. The summed E-state index contributed by atoms with van der Waals surface area (Å²) in [6, 6.07) is 29.4. The smallest absolute Gasteiger partial charge is 0.338 e. The number of carbonyl (C=O) groups is 1. The normalized spacial score (nSPS) is 18.2. The van der Waals surface area contributed by atoms with Crippen LogP contribution >= 0.6 is 0 Å². The second kappa shape index (κ2) is 10.1. The first kappa shape index (κ1) is 22.8. The summed E-state index contributed by atoms with van der Waals surface area (Å²) in [5.74, 6) is 1.20. The minimum Gasteiger partial charge on any atom is -0.458 e. The van der Waals surface area contributed by atoms with Gasteiger partial charge in [-0.15, -0.1) is 0 Å². The van der Waals surface area contributed by atoms with Crippen LogP contribution in [0.3, 0.4) is 0 Å². The van der Waals surface area contributed by atoms with E-state index in [1.54, 1.807) is 0 Å². The van der Waals surface area contributed by atoms with Gasteiger partial charge in [0.05, 0.1) is 18.7 Å². The number of rotatable bonds is 5. The van der Waals surface area contributed by atoms with E-state index < -0.39 is 0 Å². The summed E-state index contributed by atoms with van der Waals surface area (Å²) in [4.78, 5) is 15.2. The summed E-state index contributed by atoms with van der Waals surface area (Å²) in [6.45, 7) is 3.46. The average molecular weight is 478 g/mol. The van der Waals surface area contributed by atoms with E-state index in [2.05, 4.69) is 64.1 Å². The maximum absolute atomic E-state index is 12.6. The highest BCUT2D eigenvalue weighted by Gasteiger charge is 2.36. The number of esters is 1. The van der Waals surface area contributed by atoms with Crippen molar-refractivity contribution in [3.8, 4) is 0 Å². The van der Waals surface area contributed by atoms with Crippen LogP contribution in [-0.4, -0.2) is 47.0 Å². The van der Waals surface area contributed by atoms with Gasteiger partial charge in [0.2, 0.25) is 5.84 Å². The van der Waals surface area contributed by atoms with Crippen LogP contribution in [0.15, 0.2) is 84.9 Å². The van der Waals surface area contributed by atoms with Crippen LogP contribution in [0.1, 0.15) is 48.0 Å². The molecule has 0 spiro atoms. The van der Waals surface area contributed by atoms with Crippen molar-refractivity contribution in [3.63, 3.8) is 0 Å². The average Bonchev–Trinajstić information content (AvgIpc) is 3.15. The third kappa shape index (κ3) is 4.48. The van der Waals surface area contributed by atoms with Crippen molar-refractivity contribution < 1.29 is 14.1 Å². The fourth-order valence-electron chi connectivity index (χ4n) is 6.03. The first-order valence-electron chi connectivity index (χ1n) is 13.3. The van der Waals surface area contributed by atoms with Crippen LogP contribution in [0.25, 0.3) is 21.5 Å². The Morgan fingerprint density at radius 1 is 0.861 bits per heavy atom. The molecule has 36 heavy (non-hydrogen) atoms. The first-order valence-corrected chi connectivity index (χ1v) is 13.3. The van der Waals surface area contributed by atoms with E-state index in [1.807, 2.05) is 30.3 Å². The van der Waals surface area contributed by atoms with E-state index in [1.165, 1.54) is 45.8 Å². The Hall–Kier alpha value is -3.66. The molecule has 0 amide bonds. The van der Waals surface area contributed by atoms with Crippen molar-refractivity contribution in [1.29, 1.82) is 0 Å². The Kier molecular flexibility index (Phi) is 6.42. The first-order chi connectivity index (χ1) is 17.8. The van der Waals surface area contributed by atoms with Gasteiger partial charge in [-0.05, 0) is 59.0 Å². The zero-order valence-electron chi connectivity index (χ0n) is 20.7. The van der Waals surface area contributed by atoms with Gasteiger partial charge in [-0.25, -0.2) is 4.79 Å². The van der Waals surface area contributed by atoms with Crippen molar-refractivity contribution >= 4 is 33.3 Å². The molecular formula is C32H33N2O2+. The van der Waals surface area contributed by atoms with Crippen LogP contribution in [-0.2, 0) is 11.3 Å². The number of hydrogen-bond acceptors (Lipinski definition) is 3. The molecule has 2 heterocycles. The predicted molar refractivity (Wildman–Crippen MR) is 146 cm³/mol. The van der Waals surface area contributed by atoms with Gasteiger partial charge < -0.3 is 4.74 Å². The van der Waals surface area contributed by atoms with Crippen molar-refractivity contribution in [3.05, 3.63) is 96.1 Å². The number of carbonyl (C=O) groups excluding carboxylic acids is 1. The number of ether oxygens (including phenoxy) is 1. The molecule has 4 heteroatoms. The Morgan fingerprint density at radius 2 is 1.56 bits per heavy atom. The molecule has 2 aliphatic heterocycles. The fraction of sp³-hybridized carbons (Fsp3) is 0.312. The molecule has 4 aromatic rings. The number of hydrogen-bond donors (Lipinski definition) is 0. The van der Waals surface area contributed by atoms with Gasteiger partial charge in [-0.1, -0.05) is 66.7 Å². The van der Waals surface area contributed by atoms with Crippen LogP contribution in [0.2, 0.25) is 0 Å². The highest BCUT2D eigenvalue weighted by atomic mass is 16.5. The van der Waals surface area contributed by atoms with Gasteiger partial charge >= 0.3 is 5.97 Å². The lowest BCUT2D eigenvalue weighted by atomic mass is 9.96. The summed E-state index contributed by atoms with van der Waals surface area (Å²) in [5, 5.41) is 5.29. The van der Waals surface area contributed by atoms with E-state index in [0.29, 0.717) is 12.2 Å². The summed E-state index contributed by atoms with van der Waals surface area (Å²) in [7, 11) is 0. The third-order valence-electron chi connectivity index (χ3n) is 7.80. The predicted octanol–water partition coefficient (Wildman–Crippen LogP) is 6.41. The highest BCUT2D eigenvalue weighted by molar-refractivity contribution is 6.02. The largest absolute Gasteiger partial charge is 0.458 e. The van der Waals surface area contributed by atoms with Gasteiger partial charge in [0.25, 0.3) is 0 Å². The summed E-state index contributed by atoms with van der Waals surface area (Å²) < 4.78 is 8.43. The van der Waals surface area contributed by atoms with Crippen LogP contribution in [0.4, 0.5) is 0 Å². The maximum atomic E-state index is 12.6. The molecule has 1 saturated heterocycles. The third-order valence-corrected chi connectivity index (χ3v) is 7.80. The molecule has 1 unspecified atom stereocenters. The number of benzene rings is 4. The topological polar surface area (TPSA) is 32.6 Å². The molecular weight excluding hydrogens is 444 g/mol. The van der Waals surface area contributed by atoms with E-state index >= 15 is 0 Å². The fourth-order valence-corrected chi connectivity index (χ4v) is 6.03. The standard InChI is InChI=1S/C32H33N2O2/c35-32(24-11-2-1-3-12-24)36-23-27-15-6-9-18-31-33(19-10-20-34(27)31)22-30-28-16-7-4-13-25(28)21-26-14-5-8-17-29(26)30/h1-5,7-8,11-14,16-17,21,27H,6,9-10,15,18-20,22-23H2/q+1. The van der Waals surface area contributed by atoms with Crippen LogP contribution in [0.5, 0.6) is 0 Å². The monoisotopic (exact) mass is 477 g/mol. The Balaban J connectivity index is 1.32. The highest BCUT2D eigenvalue weighted by Crippen LogP contribution is 2.30. The molecule has 1 atom stereocenters. The lowest BCUT2D eigenvalue weighted by molar-refractivity contribution is -0.555. The van der Waals surface area contributed by atoms with E-state index in [0.717, 1.165) is 38.9 Å². The van der Waals surface area contributed by atoms with Crippen molar-refractivity contribution in [2.24, 2.45) is 0 Å². The van der Waals surface area contributed by atoms with Gasteiger partial charge in [0, 0.05) is 18.4 Å². The molecule has 182 valence electrons. The minimum absolute atomic E-state index is 0.225. The van der Waals surface area contributed by atoms with Crippen molar-refractivity contribution in [2.75, 3.05) is 19.7 Å². The van der Waals surface area contributed by atoms with E-state index in [-0.39, 0.29) is 12.0 Å². The van der Waals surface area contributed by atoms with Crippen LogP contribution in [0, 0.1) is 0 Å².